The average molecular weight is 325 g/mol. The summed E-state index contributed by atoms with van der Waals surface area (Å²) in [5.74, 6) is 0. The van der Waals surface area contributed by atoms with Gasteiger partial charge >= 0.3 is 0 Å². The number of piperidine rings is 1. The Morgan fingerprint density at radius 2 is 1.95 bits per heavy atom. The Hall–Kier alpha value is -0.580. The van der Waals surface area contributed by atoms with Crippen molar-refractivity contribution in [3.05, 3.63) is 28.2 Å². The number of nitrogens with two attached hydrogens (primary N) is 1. The number of aliphatic hydroxyl groups excluding tert-OH is 1. The van der Waals surface area contributed by atoms with Gasteiger partial charge in [-0.1, -0.05) is 6.07 Å². The van der Waals surface area contributed by atoms with E-state index in [9.17, 15) is 5.11 Å². The van der Waals surface area contributed by atoms with Gasteiger partial charge in [0, 0.05) is 22.6 Å². The second kappa shape index (κ2) is 5.08. The lowest BCUT2D eigenvalue weighted by Gasteiger charge is -2.39. The molecule has 0 spiro atoms. The van der Waals surface area contributed by atoms with Gasteiger partial charge in [0.2, 0.25) is 0 Å². The van der Waals surface area contributed by atoms with Gasteiger partial charge in [-0.15, -0.1) is 0 Å². The van der Waals surface area contributed by atoms with Gasteiger partial charge in [0.25, 0.3) is 0 Å². The van der Waals surface area contributed by atoms with E-state index in [0.717, 1.165) is 22.9 Å². The summed E-state index contributed by atoms with van der Waals surface area (Å²) in [6.45, 7) is 2.00. The number of hydrogen-bond acceptors (Lipinski definition) is 3. The Balaban J connectivity index is 1.91. The van der Waals surface area contributed by atoms with E-state index in [1.165, 1.54) is 18.5 Å². The second-order valence-electron chi connectivity index (χ2n) is 5.92. The molecule has 104 valence electrons. The van der Waals surface area contributed by atoms with Gasteiger partial charge in [0.1, 0.15) is 0 Å². The van der Waals surface area contributed by atoms with Gasteiger partial charge in [-0.3, -0.25) is 0 Å². The van der Waals surface area contributed by atoms with Gasteiger partial charge in [-0.05, 0) is 66.2 Å². The highest BCUT2D eigenvalue weighted by atomic mass is 79.9. The first-order chi connectivity index (χ1) is 9.06. The lowest BCUT2D eigenvalue weighted by Crippen LogP contribution is -2.45. The van der Waals surface area contributed by atoms with Gasteiger partial charge in [-0.2, -0.15) is 0 Å². The molecule has 2 aliphatic heterocycles. The van der Waals surface area contributed by atoms with Crippen LogP contribution in [0.3, 0.4) is 0 Å². The van der Waals surface area contributed by atoms with Crippen LogP contribution >= 0.6 is 15.9 Å². The van der Waals surface area contributed by atoms with Gasteiger partial charge in [-0.25, -0.2) is 0 Å². The van der Waals surface area contributed by atoms with E-state index in [2.05, 4.69) is 39.0 Å². The van der Waals surface area contributed by atoms with Crippen LogP contribution in [-0.4, -0.2) is 23.3 Å². The lowest BCUT2D eigenvalue weighted by molar-refractivity contribution is 0.126. The quantitative estimate of drug-likeness (QED) is 0.879. The molecule has 0 aromatic heterocycles. The molecule has 2 fully saturated rings. The minimum atomic E-state index is -0.115. The molecule has 4 heteroatoms. The standard InChI is InChI=1S/C15H21BrN2O/c1-9(17)10-2-5-15(14(16)6-10)18-11-3-4-12(18)8-13(19)7-11/h2,5-6,9,11-13,19H,3-4,7-8,17H2,1H3. The van der Waals surface area contributed by atoms with Crippen molar-refractivity contribution in [1.29, 1.82) is 0 Å². The molecule has 3 atom stereocenters. The summed E-state index contributed by atoms with van der Waals surface area (Å²) in [6, 6.07) is 7.47. The lowest BCUT2D eigenvalue weighted by atomic mass is 9.98. The zero-order valence-corrected chi connectivity index (χ0v) is 12.8. The first-order valence-corrected chi connectivity index (χ1v) is 7.87. The Morgan fingerprint density at radius 1 is 1.32 bits per heavy atom. The maximum absolute atomic E-state index is 9.89. The zero-order chi connectivity index (χ0) is 13.6. The molecule has 2 saturated heterocycles. The fourth-order valence-corrected chi connectivity index (χ4v) is 4.16. The fourth-order valence-electron chi connectivity index (χ4n) is 3.56. The predicted molar refractivity (Wildman–Crippen MR) is 81.3 cm³/mol. The first kappa shape index (κ1) is 13.4. The zero-order valence-electron chi connectivity index (χ0n) is 11.2. The maximum atomic E-state index is 9.89. The van der Waals surface area contributed by atoms with E-state index in [-0.39, 0.29) is 12.1 Å². The molecular weight excluding hydrogens is 304 g/mol. The van der Waals surface area contributed by atoms with Crippen LogP contribution in [0.25, 0.3) is 0 Å². The number of aliphatic hydroxyl groups is 1. The van der Waals surface area contributed by atoms with Crippen LogP contribution in [0, 0.1) is 0 Å². The summed E-state index contributed by atoms with van der Waals surface area (Å²) >= 11 is 3.69. The first-order valence-electron chi connectivity index (χ1n) is 7.07. The van der Waals surface area contributed by atoms with Crippen LogP contribution in [-0.2, 0) is 0 Å². The van der Waals surface area contributed by atoms with E-state index >= 15 is 0 Å². The van der Waals surface area contributed by atoms with E-state index in [0.29, 0.717) is 12.1 Å². The van der Waals surface area contributed by atoms with E-state index < -0.39 is 0 Å². The minimum absolute atomic E-state index is 0.0604. The summed E-state index contributed by atoms with van der Waals surface area (Å²) in [5, 5.41) is 9.89. The van der Waals surface area contributed by atoms with Crippen LogP contribution in [0.1, 0.15) is 44.2 Å². The molecule has 3 N–H and O–H groups in total. The monoisotopic (exact) mass is 324 g/mol. The van der Waals surface area contributed by atoms with E-state index in [1.807, 2.05) is 6.92 Å². The highest BCUT2D eigenvalue weighted by Crippen LogP contribution is 2.42. The van der Waals surface area contributed by atoms with E-state index in [1.54, 1.807) is 0 Å². The summed E-state index contributed by atoms with van der Waals surface area (Å²) < 4.78 is 1.12. The maximum Gasteiger partial charge on any atom is 0.0579 e. The summed E-state index contributed by atoms with van der Waals surface area (Å²) in [7, 11) is 0. The molecule has 0 amide bonds. The van der Waals surface area contributed by atoms with Gasteiger partial charge in [0.15, 0.2) is 0 Å². The normalized spacial score (nSPS) is 31.6. The van der Waals surface area contributed by atoms with Crippen LogP contribution in [0.15, 0.2) is 22.7 Å². The van der Waals surface area contributed by atoms with Gasteiger partial charge in [0.05, 0.1) is 11.8 Å². The molecule has 0 aliphatic carbocycles. The van der Waals surface area contributed by atoms with E-state index in [4.69, 9.17) is 5.73 Å². The molecule has 3 nitrogen and oxygen atoms in total. The average Bonchev–Trinajstić information content (AvgIpc) is 2.62. The Kier molecular flexibility index (Phi) is 3.58. The Bertz CT molecular complexity index is 463. The number of rotatable bonds is 2. The van der Waals surface area contributed by atoms with Crippen molar-refractivity contribution in [2.75, 3.05) is 4.90 Å². The molecule has 3 unspecified atom stereocenters. The number of nitrogens with zero attached hydrogens (tertiary/aromatic N) is 1. The second-order valence-corrected chi connectivity index (χ2v) is 6.77. The Labute approximate surface area is 122 Å². The van der Waals surface area contributed by atoms with Crippen LogP contribution < -0.4 is 10.6 Å². The highest BCUT2D eigenvalue weighted by molar-refractivity contribution is 9.10. The molecule has 1 aromatic carbocycles. The van der Waals surface area contributed by atoms with Crippen LogP contribution in [0.5, 0.6) is 0 Å². The molecule has 2 heterocycles. The summed E-state index contributed by atoms with van der Waals surface area (Å²) in [6.07, 6.45) is 4.08. The topological polar surface area (TPSA) is 49.5 Å². The van der Waals surface area contributed by atoms with Crippen molar-refractivity contribution in [2.24, 2.45) is 5.73 Å². The van der Waals surface area contributed by atoms with Gasteiger partial charge < -0.3 is 15.7 Å². The van der Waals surface area contributed by atoms with Crippen molar-refractivity contribution in [3.8, 4) is 0 Å². The van der Waals surface area contributed by atoms with Crippen LogP contribution in [0.2, 0.25) is 0 Å². The molecule has 2 bridgehead atoms. The fraction of sp³-hybridized carbons (Fsp3) is 0.600. The summed E-state index contributed by atoms with van der Waals surface area (Å²) in [4.78, 5) is 2.50. The smallest absolute Gasteiger partial charge is 0.0579 e. The van der Waals surface area contributed by atoms with Crippen molar-refractivity contribution in [3.63, 3.8) is 0 Å². The third kappa shape index (κ3) is 2.41. The predicted octanol–water partition coefficient (Wildman–Crippen LogP) is 2.96. The van der Waals surface area contributed by atoms with Crippen molar-refractivity contribution >= 4 is 21.6 Å². The summed E-state index contributed by atoms with van der Waals surface area (Å²) in [5.41, 5.74) is 8.34. The number of hydrogen-bond donors (Lipinski definition) is 2. The highest BCUT2D eigenvalue weighted by Gasteiger charge is 2.40. The molecule has 2 aliphatic rings. The SMILES string of the molecule is CC(N)c1ccc(N2C3CCC2CC(O)C3)c(Br)c1. The number of benzene rings is 1. The molecule has 0 radical (unpaired) electrons. The van der Waals surface area contributed by atoms with Crippen molar-refractivity contribution in [1.82, 2.24) is 0 Å². The third-order valence-electron chi connectivity index (χ3n) is 4.48. The molecule has 1 aromatic rings. The van der Waals surface area contributed by atoms with Crippen molar-refractivity contribution < 1.29 is 5.11 Å². The largest absolute Gasteiger partial charge is 0.393 e. The Morgan fingerprint density at radius 3 is 2.47 bits per heavy atom. The molecule has 0 saturated carbocycles. The minimum Gasteiger partial charge on any atom is -0.393 e. The molecule has 19 heavy (non-hydrogen) atoms. The third-order valence-corrected chi connectivity index (χ3v) is 5.12. The molecular formula is C15H21BrN2O. The van der Waals surface area contributed by atoms with Crippen LogP contribution in [0.4, 0.5) is 5.69 Å². The number of fused-ring (bicyclic) bond motifs is 2. The van der Waals surface area contributed by atoms with Crippen molar-refractivity contribution in [2.45, 2.75) is 56.8 Å². The number of anilines is 1. The molecule has 3 rings (SSSR count). The number of halogens is 1.